The van der Waals surface area contributed by atoms with E-state index in [1.54, 1.807) is 0 Å². The molecule has 0 saturated carbocycles. The van der Waals surface area contributed by atoms with Crippen molar-refractivity contribution in [1.82, 2.24) is 0 Å². The number of hydrogen-bond acceptors (Lipinski definition) is 10. The summed E-state index contributed by atoms with van der Waals surface area (Å²) in [6.45, 7) is 1.34. The Kier molecular flexibility index (Phi) is 6.80. The average Bonchev–Trinajstić information content (AvgIpc) is 2.61. The third-order valence-electron chi connectivity index (χ3n) is 2.52. The largest absolute Gasteiger partial charge is 0.353 e. The van der Waals surface area contributed by atoms with Gasteiger partial charge in [0, 0.05) is 19.8 Å². The summed E-state index contributed by atoms with van der Waals surface area (Å²) >= 11 is 0.892. The van der Waals surface area contributed by atoms with Crippen molar-refractivity contribution in [3.63, 3.8) is 0 Å². The van der Waals surface area contributed by atoms with Gasteiger partial charge in [0.1, 0.15) is 12.2 Å². The average molecular weight is 378 g/mol. The minimum Gasteiger partial charge on any atom is -0.353 e. The first-order valence-corrected chi connectivity index (χ1v) is 10.6. The second-order valence-corrected chi connectivity index (χ2v) is 9.01. The molecule has 1 heterocycles. The Hall–Kier alpha value is -0.240. The Labute approximate surface area is 133 Å². The minimum atomic E-state index is -3.90. The first-order valence-electron chi connectivity index (χ1n) is 6.01. The summed E-state index contributed by atoms with van der Waals surface area (Å²) < 4.78 is 65.5. The molecule has 0 aromatic carbocycles. The van der Waals surface area contributed by atoms with E-state index in [4.69, 9.17) is 17.8 Å². The van der Waals surface area contributed by atoms with E-state index in [0.29, 0.717) is 0 Å². The van der Waals surface area contributed by atoms with Crippen LogP contribution in [0.5, 0.6) is 0 Å². The zero-order valence-corrected chi connectivity index (χ0v) is 14.9. The highest BCUT2D eigenvalue weighted by atomic mass is 32.2. The van der Waals surface area contributed by atoms with Gasteiger partial charge < -0.3 is 9.47 Å². The van der Waals surface area contributed by atoms with Crippen LogP contribution in [0, 0.1) is 0 Å². The fraction of sp³-hybridized carbons (Fsp3) is 0.900. The molecular weight excluding hydrogens is 360 g/mol. The second kappa shape index (κ2) is 7.55. The first kappa shape index (κ1) is 19.8. The van der Waals surface area contributed by atoms with Gasteiger partial charge >= 0.3 is 0 Å². The fourth-order valence-corrected chi connectivity index (χ4v) is 3.75. The van der Waals surface area contributed by atoms with Crippen molar-refractivity contribution < 1.29 is 39.5 Å². The third-order valence-corrected chi connectivity index (χ3v) is 4.57. The van der Waals surface area contributed by atoms with Crippen molar-refractivity contribution in [2.45, 2.75) is 31.5 Å². The molecule has 0 radical (unpaired) electrons. The Morgan fingerprint density at radius 3 is 2.00 bits per heavy atom. The zero-order chi connectivity index (χ0) is 17.1. The summed E-state index contributed by atoms with van der Waals surface area (Å²) in [6, 6.07) is 0. The molecule has 130 valence electrons. The molecule has 0 aromatic heterocycles. The van der Waals surface area contributed by atoms with Gasteiger partial charge in [-0.15, -0.1) is 0 Å². The van der Waals surface area contributed by atoms with Crippen molar-refractivity contribution >= 4 is 37.1 Å². The lowest BCUT2D eigenvalue weighted by Crippen LogP contribution is -2.41. The van der Waals surface area contributed by atoms with Crippen LogP contribution >= 0.6 is 11.8 Å². The number of rotatable bonds is 7. The van der Waals surface area contributed by atoms with Crippen molar-refractivity contribution in [2.75, 3.05) is 25.4 Å². The second-order valence-electron chi connectivity index (χ2n) is 4.61. The lowest BCUT2D eigenvalue weighted by atomic mass is 10.2. The standard InChI is InChI=1S/C10H18O9S3/c1-6(11)20-5-7-8(18-21(3,12)13)9(10(16-2)17-7)19-22(4,14)15/h7-10H,5H2,1-4H3/t7-,8+,9-,10+/m1/s1. The molecular formula is C10H18O9S3. The highest BCUT2D eigenvalue weighted by Crippen LogP contribution is 2.31. The van der Waals surface area contributed by atoms with E-state index in [2.05, 4.69) is 0 Å². The van der Waals surface area contributed by atoms with Gasteiger partial charge in [-0.3, -0.25) is 13.2 Å². The molecule has 1 aliphatic rings. The van der Waals surface area contributed by atoms with Gasteiger partial charge in [-0.1, -0.05) is 11.8 Å². The van der Waals surface area contributed by atoms with E-state index in [1.165, 1.54) is 14.0 Å². The normalized spacial score (nSPS) is 29.6. The Balaban J connectivity index is 3.04. The van der Waals surface area contributed by atoms with Crippen molar-refractivity contribution in [2.24, 2.45) is 0 Å². The Morgan fingerprint density at radius 1 is 1.09 bits per heavy atom. The summed E-state index contributed by atoms with van der Waals surface area (Å²) in [5, 5.41) is -0.205. The summed E-state index contributed by atoms with van der Waals surface area (Å²) in [7, 11) is -6.55. The summed E-state index contributed by atoms with van der Waals surface area (Å²) in [4.78, 5) is 11.0. The van der Waals surface area contributed by atoms with Crippen LogP contribution in [0.3, 0.4) is 0 Å². The van der Waals surface area contributed by atoms with Crippen molar-refractivity contribution in [3.05, 3.63) is 0 Å². The zero-order valence-electron chi connectivity index (χ0n) is 12.4. The van der Waals surface area contributed by atoms with Crippen LogP contribution < -0.4 is 0 Å². The van der Waals surface area contributed by atoms with Crippen LogP contribution in [0.2, 0.25) is 0 Å². The topological polar surface area (TPSA) is 122 Å². The van der Waals surface area contributed by atoms with Crippen LogP contribution in [0.25, 0.3) is 0 Å². The van der Waals surface area contributed by atoms with Gasteiger partial charge in [0.05, 0.1) is 12.5 Å². The summed E-state index contributed by atoms with van der Waals surface area (Å²) in [5.74, 6) is 0.0685. The first-order chi connectivity index (χ1) is 9.93. The molecule has 1 fully saturated rings. The van der Waals surface area contributed by atoms with Gasteiger partial charge in [-0.25, -0.2) is 0 Å². The quantitative estimate of drug-likeness (QED) is 0.527. The third kappa shape index (κ3) is 6.48. The number of hydrogen-bond donors (Lipinski definition) is 0. The predicted molar refractivity (Wildman–Crippen MR) is 78.2 cm³/mol. The summed E-state index contributed by atoms with van der Waals surface area (Å²) in [6.07, 6.45) is -2.94. The van der Waals surface area contributed by atoms with E-state index in [0.717, 1.165) is 24.3 Å². The van der Waals surface area contributed by atoms with Crippen LogP contribution in [-0.2, 0) is 42.9 Å². The predicted octanol–water partition coefficient (Wildman–Crippen LogP) is -0.673. The number of thioether (sulfide) groups is 1. The minimum absolute atomic E-state index is 0.0685. The lowest BCUT2D eigenvalue weighted by molar-refractivity contribution is -0.138. The maximum absolute atomic E-state index is 11.4. The molecule has 1 rings (SSSR count). The molecule has 1 aliphatic heterocycles. The molecule has 0 aliphatic carbocycles. The molecule has 0 aromatic rings. The lowest BCUT2D eigenvalue weighted by Gasteiger charge is -2.21. The van der Waals surface area contributed by atoms with Gasteiger partial charge in [0.2, 0.25) is 0 Å². The number of carbonyl (C=O) groups excluding carboxylic acids is 1. The molecule has 0 spiro atoms. The number of ether oxygens (including phenoxy) is 2. The molecule has 1 saturated heterocycles. The number of carbonyl (C=O) groups is 1. The van der Waals surface area contributed by atoms with E-state index < -0.39 is 44.8 Å². The highest BCUT2D eigenvalue weighted by molar-refractivity contribution is 8.13. The molecule has 4 atom stereocenters. The van der Waals surface area contributed by atoms with Crippen LogP contribution in [0.15, 0.2) is 0 Å². The Morgan fingerprint density at radius 2 is 1.59 bits per heavy atom. The van der Waals surface area contributed by atoms with E-state index in [1.807, 2.05) is 0 Å². The Bertz CT molecular complexity index is 597. The van der Waals surface area contributed by atoms with Crippen LogP contribution in [0.4, 0.5) is 0 Å². The molecule has 12 heteroatoms. The maximum atomic E-state index is 11.4. The van der Waals surface area contributed by atoms with Gasteiger partial charge in [-0.05, 0) is 0 Å². The maximum Gasteiger partial charge on any atom is 0.264 e. The van der Waals surface area contributed by atoms with Crippen LogP contribution in [-0.4, -0.2) is 71.9 Å². The molecule has 22 heavy (non-hydrogen) atoms. The fourth-order valence-electron chi connectivity index (χ4n) is 1.84. The summed E-state index contributed by atoms with van der Waals surface area (Å²) in [5.41, 5.74) is 0. The van der Waals surface area contributed by atoms with Crippen molar-refractivity contribution in [3.8, 4) is 0 Å². The van der Waals surface area contributed by atoms with Crippen molar-refractivity contribution in [1.29, 1.82) is 0 Å². The van der Waals surface area contributed by atoms with Crippen LogP contribution in [0.1, 0.15) is 6.92 Å². The molecule has 9 nitrogen and oxygen atoms in total. The molecule has 0 N–H and O–H groups in total. The molecule has 0 amide bonds. The highest BCUT2D eigenvalue weighted by Gasteiger charge is 2.50. The van der Waals surface area contributed by atoms with E-state index >= 15 is 0 Å². The van der Waals surface area contributed by atoms with E-state index in [-0.39, 0.29) is 10.9 Å². The number of methoxy groups -OCH3 is 1. The SMILES string of the molecule is CO[C@H]1O[C@H](CSC(C)=O)[C@H](OS(C)(=O)=O)[C@H]1OS(C)(=O)=O. The smallest absolute Gasteiger partial charge is 0.264 e. The molecule has 0 unspecified atom stereocenters. The van der Waals surface area contributed by atoms with E-state index in [9.17, 15) is 21.6 Å². The van der Waals surface area contributed by atoms with Gasteiger partial charge in [0.15, 0.2) is 17.5 Å². The molecule has 0 bridgehead atoms. The van der Waals surface area contributed by atoms with Gasteiger partial charge in [0.25, 0.3) is 20.2 Å². The van der Waals surface area contributed by atoms with Gasteiger partial charge in [-0.2, -0.15) is 16.8 Å². The monoisotopic (exact) mass is 378 g/mol.